The Hall–Kier alpha value is -0.420. The van der Waals surface area contributed by atoms with E-state index in [0.717, 1.165) is 24.5 Å². The van der Waals surface area contributed by atoms with Crippen molar-refractivity contribution in [2.24, 2.45) is 0 Å². The monoisotopic (exact) mass is 267 g/mol. The van der Waals surface area contributed by atoms with E-state index < -0.39 is 0 Å². The zero-order valence-corrected chi connectivity index (χ0v) is 11.6. The SMILES string of the molecule is CC1SCCSC1c1nc(N)c2c(n1)CCC2. The van der Waals surface area contributed by atoms with Gasteiger partial charge in [-0.15, -0.1) is 11.8 Å². The molecule has 0 saturated carbocycles. The molecule has 0 amide bonds. The highest BCUT2D eigenvalue weighted by Crippen LogP contribution is 2.41. The van der Waals surface area contributed by atoms with Gasteiger partial charge in [0.05, 0.1) is 5.25 Å². The first kappa shape index (κ1) is 11.7. The number of hydrogen-bond donors (Lipinski definition) is 1. The minimum Gasteiger partial charge on any atom is -0.383 e. The second-order valence-corrected chi connectivity index (χ2v) is 7.35. The van der Waals surface area contributed by atoms with Crippen LogP contribution in [0.2, 0.25) is 0 Å². The summed E-state index contributed by atoms with van der Waals surface area (Å²) in [6, 6.07) is 0. The lowest BCUT2D eigenvalue weighted by atomic mass is 10.2. The zero-order valence-electron chi connectivity index (χ0n) is 9.98. The first-order valence-corrected chi connectivity index (χ1v) is 8.24. The average Bonchev–Trinajstić information content (AvgIpc) is 2.78. The van der Waals surface area contributed by atoms with Crippen LogP contribution in [-0.2, 0) is 12.8 Å². The molecule has 1 fully saturated rings. The molecule has 2 N–H and O–H groups in total. The van der Waals surface area contributed by atoms with Crippen molar-refractivity contribution in [1.82, 2.24) is 9.97 Å². The van der Waals surface area contributed by atoms with Gasteiger partial charge in [-0.25, -0.2) is 9.97 Å². The van der Waals surface area contributed by atoms with Crippen molar-refractivity contribution < 1.29 is 0 Å². The number of fused-ring (bicyclic) bond motifs is 1. The summed E-state index contributed by atoms with van der Waals surface area (Å²) < 4.78 is 0. The quantitative estimate of drug-likeness (QED) is 0.847. The highest BCUT2D eigenvalue weighted by Gasteiger charge is 2.28. The number of rotatable bonds is 1. The van der Waals surface area contributed by atoms with Crippen LogP contribution in [0.5, 0.6) is 0 Å². The molecule has 1 aliphatic carbocycles. The van der Waals surface area contributed by atoms with Crippen LogP contribution in [0.4, 0.5) is 5.82 Å². The lowest BCUT2D eigenvalue weighted by Gasteiger charge is -2.27. The normalized spacial score (nSPS) is 28.1. The van der Waals surface area contributed by atoms with Gasteiger partial charge < -0.3 is 5.73 Å². The molecule has 2 atom stereocenters. The Morgan fingerprint density at radius 2 is 2.00 bits per heavy atom. The number of anilines is 1. The molecule has 1 aromatic heterocycles. The minimum absolute atomic E-state index is 0.418. The Morgan fingerprint density at radius 1 is 1.18 bits per heavy atom. The van der Waals surface area contributed by atoms with Crippen LogP contribution in [-0.4, -0.2) is 26.7 Å². The summed E-state index contributed by atoms with van der Waals surface area (Å²) >= 11 is 4.00. The van der Waals surface area contributed by atoms with Gasteiger partial charge in [-0.2, -0.15) is 11.8 Å². The number of thioether (sulfide) groups is 2. The number of hydrogen-bond acceptors (Lipinski definition) is 5. The first-order chi connectivity index (χ1) is 8.25. The molecule has 1 aromatic rings. The molecule has 2 aliphatic rings. The van der Waals surface area contributed by atoms with Gasteiger partial charge in [-0.1, -0.05) is 6.92 Å². The van der Waals surface area contributed by atoms with Crippen molar-refractivity contribution in [2.45, 2.75) is 36.7 Å². The molecule has 1 saturated heterocycles. The van der Waals surface area contributed by atoms with E-state index in [0.29, 0.717) is 10.5 Å². The summed E-state index contributed by atoms with van der Waals surface area (Å²) in [5.74, 6) is 4.13. The Labute approximate surface area is 110 Å². The topological polar surface area (TPSA) is 51.8 Å². The van der Waals surface area contributed by atoms with E-state index in [1.54, 1.807) is 0 Å². The maximum atomic E-state index is 6.06. The smallest absolute Gasteiger partial charge is 0.145 e. The Balaban J connectivity index is 1.95. The highest BCUT2D eigenvalue weighted by atomic mass is 32.2. The molecule has 92 valence electrons. The molecular weight excluding hydrogens is 250 g/mol. The van der Waals surface area contributed by atoms with E-state index in [4.69, 9.17) is 10.7 Å². The van der Waals surface area contributed by atoms with Gasteiger partial charge in [-0.3, -0.25) is 0 Å². The molecule has 1 aliphatic heterocycles. The predicted octanol–water partition coefficient (Wildman–Crippen LogP) is 2.46. The zero-order chi connectivity index (χ0) is 11.8. The van der Waals surface area contributed by atoms with E-state index in [1.807, 2.05) is 23.5 Å². The fourth-order valence-corrected chi connectivity index (χ4v) is 5.21. The first-order valence-electron chi connectivity index (χ1n) is 6.14. The number of nitrogens with zero attached hydrogens (tertiary/aromatic N) is 2. The van der Waals surface area contributed by atoms with Crippen molar-refractivity contribution in [1.29, 1.82) is 0 Å². The third-order valence-electron chi connectivity index (χ3n) is 3.42. The second-order valence-electron chi connectivity index (χ2n) is 4.61. The van der Waals surface area contributed by atoms with Gasteiger partial charge in [0.15, 0.2) is 0 Å². The molecule has 0 radical (unpaired) electrons. The number of nitrogen functional groups attached to an aromatic ring is 1. The van der Waals surface area contributed by atoms with E-state index in [1.165, 1.54) is 29.2 Å². The van der Waals surface area contributed by atoms with Gasteiger partial charge in [0, 0.05) is 28.0 Å². The van der Waals surface area contributed by atoms with Crippen LogP contribution in [0.1, 0.15) is 35.7 Å². The fourth-order valence-electron chi connectivity index (χ4n) is 2.52. The van der Waals surface area contributed by atoms with Crippen molar-refractivity contribution in [3.8, 4) is 0 Å². The lowest BCUT2D eigenvalue weighted by Crippen LogP contribution is -2.19. The maximum Gasteiger partial charge on any atom is 0.145 e. The molecule has 3 rings (SSSR count). The molecule has 5 heteroatoms. The maximum absolute atomic E-state index is 6.06. The Morgan fingerprint density at radius 3 is 2.82 bits per heavy atom. The van der Waals surface area contributed by atoms with Crippen molar-refractivity contribution >= 4 is 29.3 Å². The third kappa shape index (κ3) is 2.15. The van der Waals surface area contributed by atoms with Gasteiger partial charge in [-0.05, 0) is 19.3 Å². The molecule has 0 spiro atoms. The van der Waals surface area contributed by atoms with Crippen LogP contribution in [0.25, 0.3) is 0 Å². The molecule has 2 heterocycles. The van der Waals surface area contributed by atoms with E-state index in [-0.39, 0.29) is 0 Å². The molecule has 0 aromatic carbocycles. The standard InChI is InChI=1S/C12H17N3S2/c1-7-10(17-6-5-16-7)12-14-9-4-2-3-8(9)11(13)15-12/h7,10H,2-6H2,1H3,(H2,13,14,15). The van der Waals surface area contributed by atoms with Gasteiger partial charge >= 0.3 is 0 Å². The molecule has 0 bridgehead atoms. The fraction of sp³-hybridized carbons (Fsp3) is 0.667. The van der Waals surface area contributed by atoms with Crippen LogP contribution in [0.15, 0.2) is 0 Å². The second kappa shape index (κ2) is 4.69. The van der Waals surface area contributed by atoms with Crippen molar-refractivity contribution in [3.63, 3.8) is 0 Å². The van der Waals surface area contributed by atoms with Crippen LogP contribution in [0.3, 0.4) is 0 Å². The lowest BCUT2D eigenvalue weighted by molar-refractivity contribution is 0.808. The van der Waals surface area contributed by atoms with Crippen molar-refractivity contribution in [3.05, 3.63) is 17.1 Å². The Kier molecular flexibility index (Phi) is 3.21. The minimum atomic E-state index is 0.418. The van der Waals surface area contributed by atoms with Crippen LogP contribution < -0.4 is 5.73 Å². The Bertz CT molecular complexity index is 436. The summed E-state index contributed by atoms with van der Waals surface area (Å²) in [7, 11) is 0. The molecule has 3 nitrogen and oxygen atoms in total. The number of aryl methyl sites for hydroxylation is 1. The summed E-state index contributed by atoms with van der Waals surface area (Å²) in [6.07, 6.45) is 3.32. The van der Waals surface area contributed by atoms with Crippen molar-refractivity contribution in [2.75, 3.05) is 17.2 Å². The van der Waals surface area contributed by atoms with E-state index in [9.17, 15) is 0 Å². The third-order valence-corrected chi connectivity index (χ3v) is 6.51. The van der Waals surface area contributed by atoms with Gasteiger partial charge in [0.1, 0.15) is 11.6 Å². The van der Waals surface area contributed by atoms with Crippen LogP contribution in [0, 0.1) is 0 Å². The summed E-state index contributed by atoms with van der Waals surface area (Å²) in [5, 5.41) is 1.01. The molecule has 2 unspecified atom stereocenters. The largest absolute Gasteiger partial charge is 0.383 e. The van der Waals surface area contributed by atoms with Gasteiger partial charge in [0.2, 0.25) is 0 Å². The highest BCUT2D eigenvalue weighted by molar-refractivity contribution is 8.06. The summed E-state index contributed by atoms with van der Waals surface area (Å²) in [5.41, 5.74) is 8.47. The molecular formula is C12H17N3S2. The predicted molar refractivity (Wildman–Crippen MR) is 75.6 cm³/mol. The van der Waals surface area contributed by atoms with Gasteiger partial charge in [0.25, 0.3) is 0 Å². The molecule has 17 heavy (non-hydrogen) atoms. The summed E-state index contributed by atoms with van der Waals surface area (Å²) in [4.78, 5) is 9.31. The van der Waals surface area contributed by atoms with E-state index >= 15 is 0 Å². The number of nitrogens with two attached hydrogens (primary N) is 1. The summed E-state index contributed by atoms with van der Waals surface area (Å²) in [6.45, 7) is 2.27. The number of aromatic nitrogens is 2. The van der Waals surface area contributed by atoms with E-state index in [2.05, 4.69) is 11.9 Å². The van der Waals surface area contributed by atoms with Crippen LogP contribution >= 0.6 is 23.5 Å². The average molecular weight is 267 g/mol.